The molecule has 10 aromatic rings. The van der Waals surface area contributed by atoms with Crippen LogP contribution in [0.4, 0.5) is 11.4 Å². The molecule has 2 aliphatic carbocycles. The monoisotopic (exact) mass is 814 g/mol. The Hall–Kier alpha value is -6.10. The lowest BCUT2D eigenvalue weighted by Gasteiger charge is -2.46. The van der Waals surface area contributed by atoms with Crippen LogP contribution in [-0.4, -0.2) is 11.4 Å². The molecular weight excluding hydrogens is 768 g/mol. The minimum atomic E-state index is -0.211. The maximum Gasteiger partial charge on any atom is 0.333 e. The summed E-state index contributed by atoms with van der Waals surface area (Å²) in [6.07, 6.45) is 2.38. The lowest BCUT2D eigenvalue weighted by molar-refractivity contribution is 0.332. The van der Waals surface area contributed by atoms with Crippen molar-refractivity contribution in [1.82, 2.24) is 4.57 Å². The van der Waals surface area contributed by atoms with Gasteiger partial charge in [0.15, 0.2) is 0 Å². The van der Waals surface area contributed by atoms with E-state index in [-0.39, 0.29) is 23.1 Å². The van der Waals surface area contributed by atoms with Gasteiger partial charge in [-0.15, -0.1) is 11.3 Å². The van der Waals surface area contributed by atoms with Crippen LogP contribution < -0.4 is 15.7 Å². The van der Waals surface area contributed by atoms with Crippen molar-refractivity contribution in [3.63, 3.8) is 0 Å². The molecule has 2 nitrogen and oxygen atoms in total. The number of nitrogens with zero attached hydrogens (tertiary/aromatic N) is 2. The van der Waals surface area contributed by atoms with Gasteiger partial charge in [-0.3, -0.25) is 0 Å². The standard InChI is InChI=1S/C58H47BN2S/c1-32-27-42-43(57(4,5)26-25-56(42,2)3)31-46(32)61-45-24-23-38-36-18-11-13-22-49(36)62-55(38)50(45)51-52-40(35-17-10-12-20-41(35)58(52,6)7)30-48-53(51)59(61)44-21-14-19-37-39-28-33-15-8-9-16-34(33)29-47(39)60(48)54(37)44/h8-24,27-31H,25-26H2,1-7H3. The highest BCUT2D eigenvalue weighted by Crippen LogP contribution is 2.59. The first-order valence-electron chi connectivity index (χ1n) is 22.6. The summed E-state index contributed by atoms with van der Waals surface area (Å²) in [5.74, 6) is 0. The Bertz CT molecular complexity index is 3710. The van der Waals surface area contributed by atoms with Crippen LogP contribution in [0.5, 0.6) is 0 Å². The molecule has 0 saturated heterocycles. The normalized spacial score (nSPS) is 17.1. The molecule has 8 aromatic carbocycles. The molecule has 4 heteroatoms. The van der Waals surface area contributed by atoms with E-state index in [2.05, 4.69) is 191 Å². The van der Waals surface area contributed by atoms with Crippen molar-refractivity contribution in [3.8, 4) is 27.9 Å². The van der Waals surface area contributed by atoms with E-state index in [0.717, 1.165) is 0 Å². The lowest BCUT2D eigenvalue weighted by Crippen LogP contribution is -2.61. The summed E-state index contributed by atoms with van der Waals surface area (Å²) >= 11 is 1.98. The second kappa shape index (κ2) is 11.5. The van der Waals surface area contributed by atoms with E-state index in [1.807, 2.05) is 11.3 Å². The van der Waals surface area contributed by atoms with Crippen LogP contribution in [0.25, 0.3) is 80.7 Å². The molecule has 0 saturated carbocycles. The third-order valence-corrected chi connectivity index (χ3v) is 17.3. The Morgan fingerprint density at radius 3 is 2.08 bits per heavy atom. The van der Waals surface area contributed by atoms with E-state index in [9.17, 15) is 0 Å². The summed E-state index contributed by atoms with van der Waals surface area (Å²) in [6, 6.07) is 52.1. The highest BCUT2D eigenvalue weighted by atomic mass is 32.1. The molecule has 2 aromatic heterocycles. The SMILES string of the molecule is Cc1cc2c(cc1N1B3c4c(cc5c(c4-c4c1ccc1c4sc4ccccc41)C(C)(C)c1ccccc1-5)-n1c4cc5ccccc5cc4c4cccc3c41)C(C)(C)CCC2(C)C. The van der Waals surface area contributed by atoms with Crippen LogP contribution in [0.3, 0.4) is 0 Å². The fourth-order valence-corrected chi connectivity index (χ4v) is 14.2. The zero-order chi connectivity index (χ0) is 41.8. The molecule has 0 atom stereocenters. The number of aryl methyl sites for hydroxylation is 1. The smallest absolute Gasteiger partial charge is 0.333 e. The van der Waals surface area contributed by atoms with Crippen molar-refractivity contribution in [2.45, 2.75) is 77.6 Å². The Morgan fingerprint density at radius 2 is 1.26 bits per heavy atom. The van der Waals surface area contributed by atoms with Gasteiger partial charge in [-0.2, -0.15) is 0 Å². The molecule has 0 unspecified atom stereocenters. The van der Waals surface area contributed by atoms with Crippen LogP contribution in [-0.2, 0) is 16.2 Å². The fraction of sp³-hybridized carbons (Fsp3) is 0.207. The molecule has 0 bridgehead atoms. The minimum Gasteiger partial charge on any atom is -0.376 e. The Kier molecular flexibility index (Phi) is 6.57. The third-order valence-electron chi connectivity index (χ3n) is 16.1. The lowest BCUT2D eigenvalue weighted by atomic mass is 9.43. The number of hydrogen-bond donors (Lipinski definition) is 0. The molecule has 0 N–H and O–H groups in total. The summed E-state index contributed by atoms with van der Waals surface area (Å²) in [4.78, 5) is 2.81. The maximum absolute atomic E-state index is 2.81. The summed E-state index contributed by atoms with van der Waals surface area (Å²) in [5, 5.41) is 7.90. The van der Waals surface area contributed by atoms with Crippen molar-refractivity contribution in [2.75, 3.05) is 4.81 Å². The first kappa shape index (κ1) is 35.5. The highest BCUT2D eigenvalue weighted by molar-refractivity contribution is 7.26. The van der Waals surface area contributed by atoms with Gasteiger partial charge in [-0.25, -0.2) is 0 Å². The van der Waals surface area contributed by atoms with Crippen LogP contribution in [0, 0.1) is 6.92 Å². The molecule has 62 heavy (non-hydrogen) atoms. The number of hydrogen-bond acceptors (Lipinski definition) is 2. The van der Waals surface area contributed by atoms with E-state index in [0.29, 0.717) is 0 Å². The fourth-order valence-electron chi connectivity index (χ4n) is 12.9. The maximum atomic E-state index is 2.81. The molecule has 0 radical (unpaired) electrons. The molecule has 4 aliphatic rings. The van der Waals surface area contributed by atoms with Gasteiger partial charge in [0.1, 0.15) is 0 Å². The highest BCUT2D eigenvalue weighted by Gasteiger charge is 2.50. The van der Waals surface area contributed by atoms with Crippen molar-refractivity contribution in [3.05, 3.63) is 161 Å². The molecular formula is C58H47BN2S. The first-order valence-corrected chi connectivity index (χ1v) is 23.4. The van der Waals surface area contributed by atoms with Gasteiger partial charge in [0.2, 0.25) is 0 Å². The van der Waals surface area contributed by atoms with Crippen LogP contribution in [0.1, 0.15) is 82.2 Å². The molecule has 298 valence electrons. The number of benzene rings is 8. The van der Waals surface area contributed by atoms with Gasteiger partial charge in [0, 0.05) is 59.0 Å². The zero-order valence-corrected chi connectivity index (χ0v) is 37.3. The number of aromatic nitrogens is 1. The number of fused-ring (bicyclic) bond motifs is 17. The average molecular weight is 815 g/mol. The largest absolute Gasteiger partial charge is 0.376 e. The van der Waals surface area contributed by atoms with E-state index < -0.39 is 0 Å². The summed E-state index contributed by atoms with van der Waals surface area (Å²) in [6.45, 7) is 17.2. The van der Waals surface area contributed by atoms with Crippen LogP contribution >= 0.6 is 11.3 Å². The molecule has 4 heterocycles. The van der Waals surface area contributed by atoms with Crippen molar-refractivity contribution in [1.29, 1.82) is 0 Å². The number of anilines is 2. The molecule has 0 spiro atoms. The molecule has 0 fully saturated rings. The topological polar surface area (TPSA) is 8.17 Å². The molecule has 2 aliphatic heterocycles. The summed E-state index contributed by atoms with van der Waals surface area (Å²) in [7, 11) is 0. The first-order chi connectivity index (χ1) is 29.9. The number of thiophene rings is 1. The third kappa shape index (κ3) is 4.23. The van der Waals surface area contributed by atoms with Crippen LogP contribution in [0.15, 0.2) is 133 Å². The van der Waals surface area contributed by atoms with Crippen molar-refractivity contribution >= 4 is 93.2 Å². The number of rotatable bonds is 1. The van der Waals surface area contributed by atoms with E-state index >= 15 is 0 Å². The van der Waals surface area contributed by atoms with E-state index in [1.165, 1.54) is 144 Å². The molecule has 0 amide bonds. The van der Waals surface area contributed by atoms with Crippen molar-refractivity contribution < 1.29 is 0 Å². The van der Waals surface area contributed by atoms with Gasteiger partial charge in [0.25, 0.3) is 0 Å². The zero-order valence-electron chi connectivity index (χ0n) is 36.5. The number of para-hydroxylation sites is 1. The summed E-state index contributed by atoms with van der Waals surface area (Å²) < 4.78 is 5.41. The second-order valence-corrected chi connectivity index (χ2v) is 21.8. The van der Waals surface area contributed by atoms with E-state index in [4.69, 9.17) is 0 Å². The van der Waals surface area contributed by atoms with Gasteiger partial charge in [-0.05, 0) is 133 Å². The second-order valence-electron chi connectivity index (χ2n) is 20.7. The quantitative estimate of drug-likeness (QED) is 0.150. The van der Waals surface area contributed by atoms with Crippen molar-refractivity contribution in [2.24, 2.45) is 0 Å². The van der Waals surface area contributed by atoms with Crippen LogP contribution in [0.2, 0.25) is 0 Å². The van der Waals surface area contributed by atoms with Gasteiger partial charge >= 0.3 is 6.85 Å². The minimum absolute atomic E-state index is 0.0458. The van der Waals surface area contributed by atoms with E-state index in [1.54, 1.807) is 0 Å². The predicted molar refractivity (Wildman–Crippen MR) is 268 cm³/mol. The predicted octanol–water partition coefficient (Wildman–Crippen LogP) is 14.5. The average Bonchev–Trinajstić information content (AvgIpc) is 3.89. The van der Waals surface area contributed by atoms with Gasteiger partial charge in [-0.1, -0.05) is 139 Å². The Morgan fingerprint density at radius 1 is 0.548 bits per heavy atom. The van der Waals surface area contributed by atoms with Gasteiger partial charge in [0.05, 0.1) is 11.0 Å². The molecule has 14 rings (SSSR count). The summed E-state index contributed by atoms with van der Waals surface area (Å²) in [5.41, 5.74) is 22.2. The Labute approximate surface area is 367 Å². The Balaban J connectivity index is 1.22. The van der Waals surface area contributed by atoms with Gasteiger partial charge < -0.3 is 9.38 Å².